The first-order chi connectivity index (χ1) is 19.1. The van der Waals surface area contributed by atoms with Gasteiger partial charge in [-0.1, -0.05) is 150 Å². The molecule has 0 saturated carbocycles. The molecule has 0 amide bonds. The normalized spacial score (nSPS) is 16.8. The van der Waals surface area contributed by atoms with Gasteiger partial charge in [-0.05, 0) is 57.3 Å². The van der Waals surface area contributed by atoms with Crippen LogP contribution in [0.4, 0.5) is 0 Å². The summed E-state index contributed by atoms with van der Waals surface area (Å²) >= 11 is 0. The van der Waals surface area contributed by atoms with Crippen molar-refractivity contribution < 1.29 is 4.74 Å². The summed E-state index contributed by atoms with van der Waals surface area (Å²) in [4.78, 5) is 2.79. The van der Waals surface area contributed by atoms with E-state index in [1.54, 1.807) is 0 Å². The Bertz CT molecular complexity index is 474. The fourth-order valence-corrected chi connectivity index (χ4v) is 6.84. The van der Waals surface area contributed by atoms with E-state index in [2.05, 4.69) is 39.5 Å². The highest BCUT2D eigenvalue weighted by Gasteiger charge is 2.24. The Morgan fingerprint density at radius 3 is 1.38 bits per heavy atom. The zero-order valence-electron chi connectivity index (χ0n) is 28.0. The van der Waals surface area contributed by atoms with Crippen molar-refractivity contribution in [2.45, 2.75) is 207 Å². The SMILES string of the molecule is CCCCCCCC(CCCCCC)CC[C@@H](C)OC1CCN(CC(CCCCCC)CCCCCC)CC1. The number of ether oxygens (including phenoxy) is 1. The van der Waals surface area contributed by atoms with Crippen LogP contribution in [0, 0.1) is 11.8 Å². The summed E-state index contributed by atoms with van der Waals surface area (Å²) in [6, 6.07) is 0. The maximum Gasteiger partial charge on any atom is 0.0603 e. The van der Waals surface area contributed by atoms with Gasteiger partial charge in [0.15, 0.2) is 0 Å². The van der Waals surface area contributed by atoms with Crippen molar-refractivity contribution in [1.29, 1.82) is 0 Å². The van der Waals surface area contributed by atoms with Crippen LogP contribution >= 0.6 is 0 Å². The molecule has 1 heterocycles. The molecule has 2 atom stereocenters. The van der Waals surface area contributed by atoms with E-state index in [4.69, 9.17) is 4.74 Å². The molecule has 234 valence electrons. The van der Waals surface area contributed by atoms with Crippen molar-refractivity contribution in [1.82, 2.24) is 4.90 Å². The molecule has 0 aromatic rings. The average Bonchev–Trinajstić information content (AvgIpc) is 2.94. The highest BCUT2D eigenvalue weighted by Crippen LogP contribution is 2.26. The lowest BCUT2D eigenvalue weighted by Gasteiger charge is -2.35. The second kappa shape index (κ2) is 26.8. The van der Waals surface area contributed by atoms with Crippen molar-refractivity contribution in [3.63, 3.8) is 0 Å². The van der Waals surface area contributed by atoms with Crippen molar-refractivity contribution in [2.75, 3.05) is 19.6 Å². The number of likely N-dealkylation sites (tertiary alicyclic amines) is 1. The standard InChI is InChI=1S/C37H75NO/c1-6-10-14-18-22-24-35(23-19-15-11-7-2)28-27-34(5)39-37-29-31-38(32-30-37)33-36(25-20-16-12-8-3)26-21-17-13-9-4/h34-37H,6-33H2,1-5H3/t34-,35?/m1/s1. The van der Waals surface area contributed by atoms with Gasteiger partial charge in [0.25, 0.3) is 0 Å². The average molecular weight is 550 g/mol. The van der Waals surface area contributed by atoms with Gasteiger partial charge >= 0.3 is 0 Å². The zero-order chi connectivity index (χ0) is 28.4. The van der Waals surface area contributed by atoms with Crippen molar-refractivity contribution in [3.05, 3.63) is 0 Å². The fraction of sp³-hybridized carbons (Fsp3) is 1.00. The minimum Gasteiger partial charge on any atom is -0.375 e. The van der Waals surface area contributed by atoms with E-state index < -0.39 is 0 Å². The molecule has 1 unspecified atom stereocenters. The van der Waals surface area contributed by atoms with Crippen LogP contribution in [0.15, 0.2) is 0 Å². The smallest absolute Gasteiger partial charge is 0.0603 e. The molecule has 0 N–H and O–H groups in total. The number of hydrogen-bond donors (Lipinski definition) is 0. The first-order valence-electron chi connectivity index (χ1n) is 18.5. The monoisotopic (exact) mass is 550 g/mol. The maximum atomic E-state index is 6.65. The van der Waals surface area contributed by atoms with Crippen molar-refractivity contribution >= 4 is 0 Å². The summed E-state index contributed by atoms with van der Waals surface area (Å²) in [6.07, 6.45) is 36.0. The third kappa shape index (κ3) is 21.3. The molecule has 1 aliphatic heterocycles. The summed E-state index contributed by atoms with van der Waals surface area (Å²) in [6.45, 7) is 15.5. The van der Waals surface area contributed by atoms with Gasteiger partial charge in [-0.2, -0.15) is 0 Å². The molecule has 1 aliphatic rings. The van der Waals surface area contributed by atoms with Gasteiger partial charge in [0.1, 0.15) is 0 Å². The van der Waals surface area contributed by atoms with Crippen LogP contribution in [-0.2, 0) is 4.74 Å². The van der Waals surface area contributed by atoms with E-state index >= 15 is 0 Å². The number of rotatable bonds is 28. The lowest BCUT2D eigenvalue weighted by atomic mass is 9.89. The van der Waals surface area contributed by atoms with Gasteiger partial charge in [0.2, 0.25) is 0 Å². The Labute approximate surface area is 248 Å². The van der Waals surface area contributed by atoms with E-state index in [0.717, 1.165) is 11.8 Å². The molecule has 39 heavy (non-hydrogen) atoms. The Morgan fingerprint density at radius 1 is 0.513 bits per heavy atom. The lowest BCUT2D eigenvalue weighted by molar-refractivity contribution is -0.0415. The highest BCUT2D eigenvalue weighted by molar-refractivity contribution is 4.76. The molecule has 0 bridgehead atoms. The quantitative estimate of drug-likeness (QED) is 0.0900. The summed E-state index contributed by atoms with van der Waals surface area (Å²) in [7, 11) is 0. The summed E-state index contributed by atoms with van der Waals surface area (Å²) in [5.41, 5.74) is 0. The van der Waals surface area contributed by atoms with Crippen LogP contribution in [0.3, 0.4) is 0 Å². The van der Waals surface area contributed by atoms with E-state index in [1.165, 1.54) is 180 Å². The Balaban J connectivity index is 2.35. The van der Waals surface area contributed by atoms with Crippen LogP contribution < -0.4 is 0 Å². The van der Waals surface area contributed by atoms with Crippen LogP contribution in [0.25, 0.3) is 0 Å². The second-order valence-electron chi connectivity index (χ2n) is 13.5. The minimum atomic E-state index is 0.435. The van der Waals surface area contributed by atoms with Crippen LogP contribution in [0.5, 0.6) is 0 Å². The predicted octanol–water partition coefficient (Wildman–Crippen LogP) is 12.1. The summed E-state index contributed by atoms with van der Waals surface area (Å²) < 4.78 is 6.65. The topological polar surface area (TPSA) is 12.5 Å². The van der Waals surface area contributed by atoms with Crippen LogP contribution in [0.1, 0.15) is 195 Å². The van der Waals surface area contributed by atoms with Gasteiger partial charge < -0.3 is 9.64 Å². The number of hydrogen-bond acceptors (Lipinski definition) is 2. The first-order valence-corrected chi connectivity index (χ1v) is 18.5. The number of piperidine rings is 1. The first kappa shape index (κ1) is 36.9. The second-order valence-corrected chi connectivity index (χ2v) is 13.5. The van der Waals surface area contributed by atoms with Gasteiger partial charge in [-0.25, -0.2) is 0 Å². The van der Waals surface area contributed by atoms with E-state index in [1.807, 2.05) is 0 Å². The van der Waals surface area contributed by atoms with E-state index in [9.17, 15) is 0 Å². The lowest BCUT2D eigenvalue weighted by Crippen LogP contribution is -2.40. The molecule has 0 aromatic heterocycles. The van der Waals surface area contributed by atoms with Gasteiger partial charge in [0.05, 0.1) is 12.2 Å². The number of unbranched alkanes of at least 4 members (excludes halogenated alkanes) is 13. The highest BCUT2D eigenvalue weighted by atomic mass is 16.5. The predicted molar refractivity (Wildman–Crippen MR) is 176 cm³/mol. The third-order valence-electron chi connectivity index (χ3n) is 9.57. The van der Waals surface area contributed by atoms with Gasteiger partial charge in [0, 0.05) is 19.6 Å². The van der Waals surface area contributed by atoms with Gasteiger partial charge in [-0.15, -0.1) is 0 Å². The van der Waals surface area contributed by atoms with Crippen molar-refractivity contribution in [3.8, 4) is 0 Å². The molecular weight excluding hydrogens is 474 g/mol. The molecule has 2 nitrogen and oxygen atoms in total. The molecule has 1 saturated heterocycles. The van der Waals surface area contributed by atoms with Crippen molar-refractivity contribution in [2.24, 2.45) is 11.8 Å². The van der Waals surface area contributed by atoms with Gasteiger partial charge in [-0.3, -0.25) is 0 Å². The Morgan fingerprint density at radius 2 is 0.923 bits per heavy atom. The fourth-order valence-electron chi connectivity index (χ4n) is 6.84. The molecular formula is C37H75NO. The minimum absolute atomic E-state index is 0.435. The molecule has 0 radical (unpaired) electrons. The van der Waals surface area contributed by atoms with E-state index in [0.29, 0.717) is 12.2 Å². The molecule has 1 fully saturated rings. The number of nitrogens with zero attached hydrogens (tertiary/aromatic N) is 1. The Hall–Kier alpha value is -0.0800. The Kier molecular flexibility index (Phi) is 25.4. The zero-order valence-corrected chi connectivity index (χ0v) is 28.0. The van der Waals surface area contributed by atoms with Crippen LogP contribution in [0.2, 0.25) is 0 Å². The molecule has 0 aromatic carbocycles. The van der Waals surface area contributed by atoms with E-state index in [-0.39, 0.29) is 0 Å². The third-order valence-corrected chi connectivity index (χ3v) is 9.57. The molecule has 1 rings (SSSR count). The van der Waals surface area contributed by atoms with Crippen LogP contribution in [-0.4, -0.2) is 36.7 Å². The molecule has 0 aliphatic carbocycles. The summed E-state index contributed by atoms with van der Waals surface area (Å²) in [5, 5.41) is 0. The molecule has 0 spiro atoms. The maximum absolute atomic E-state index is 6.65. The largest absolute Gasteiger partial charge is 0.375 e. The summed E-state index contributed by atoms with van der Waals surface area (Å²) in [5.74, 6) is 1.86. The molecule has 2 heteroatoms.